The van der Waals surface area contributed by atoms with Gasteiger partial charge in [-0.25, -0.2) is 8.42 Å². The first-order chi connectivity index (χ1) is 15.1. The van der Waals surface area contributed by atoms with E-state index in [9.17, 15) is 13.2 Å². The van der Waals surface area contributed by atoms with Gasteiger partial charge in [-0.1, -0.05) is 75.0 Å². The minimum Gasteiger partial charge on any atom is -0.351 e. The Kier molecular flexibility index (Phi) is 8.36. The summed E-state index contributed by atoms with van der Waals surface area (Å²) in [7, 11) is -3.91. The lowest BCUT2D eigenvalue weighted by Gasteiger charge is -2.22. The van der Waals surface area contributed by atoms with Crippen LogP contribution < -0.4 is 5.32 Å². The summed E-state index contributed by atoms with van der Waals surface area (Å²) >= 11 is 15.4. The van der Waals surface area contributed by atoms with E-state index in [2.05, 4.69) is 21.2 Å². The van der Waals surface area contributed by atoms with Gasteiger partial charge in [0.2, 0.25) is 15.9 Å². The topological polar surface area (TPSA) is 66.5 Å². The molecule has 0 heterocycles. The van der Waals surface area contributed by atoms with Gasteiger partial charge in [0, 0.05) is 27.6 Å². The van der Waals surface area contributed by atoms with Gasteiger partial charge in [0.1, 0.15) is 0 Å². The Morgan fingerprint density at radius 3 is 2.28 bits per heavy atom. The molecule has 0 bridgehead atoms. The summed E-state index contributed by atoms with van der Waals surface area (Å²) in [5.74, 6) is -0.441. The minimum absolute atomic E-state index is 0.0633. The number of hydrogen-bond acceptors (Lipinski definition) is 3. The first-order valence-electron chi connectivity index (χ1n) is 9.67. The number of hydrogen-bond donors (Lipinski definition) is 1. The van der Waals surface area contributed by atoms with Crippen molar-refractivity contribution in [3.05, 3.63) is 97.9 Å². The molecule has 0 radical (unpaired) electrons. The van der Waals surface area contributed by atoms with E-state index < -0.39 is 15.9 Å². The molecule has 3 aromatic rings. The molecule has 0 spiro atoms. The third-order valence-corrected chi connectivity index (χ3v) is 7.66. The van der Waals surface area contributed by atoms with Gasteiger partial charge in [0.15, 0.2) is 0 Å². The predicted octanol–water partition coefficient (Wildman–Crippen LogP) is 5.57. The van der Waals surface area contributed by atoms with E-state index in [1.54, 1.807) is 30.3 Å². The van der Waals surface area contributed by atoms with Crippen molar-refractivity contribution in [2.45, 2.75) is 24.9 Å². The summed E-state index contributed by atoms with van der Waals surface area (Å²) in [6.07, 6.45) is 0. The van der Waals surface area contributed by atoms with Crippen LogP contribution in [0.5, 0.6) is 0 Å². The third kappa shape index (κ3) is 6.56. The van der Waals surface area contributed by atoms with E-state index in [0.717, 1.165) is 15.6 Å². The fourth-order valence-corrected chi connectivity index (χ4v) is 5.08. The van der Waals surface area contributed by atoms with Crippen molar-refractivity contribution in [3.8, 4) is 0 Å². The zero-order chi connectivity index (χ0) is 23.3. The fraction of sp³-hybridized carbons (Fsp3) is 0.174. The fourth-order valence-electron chi connectivity index (χ4n) is 2.95. The van der Waals surface area contributed by atoms with Crippen molar-refractivity contribution in [1.29, 1.82) is 0 Å². The predicted molar refractivity (Wildman–Crippen MR) is 131 cm³/mol. The average Bonchev–Trinajstić information content (AvgIpc) is 2.74. The van der Waals surface area contributed by atoms with Crippen molar-refractivity contribution in [1.82, 2.24) is 9.62 Å². The molecule has 0 atom stereocenters. The SMILES string of the molecule is Cc1ccc(CN(CC(=O)NCc2ccc(Cl)cc2Cl)S(=O)(=O)c2ccc(Br)cc2)cc1. The van der Waals surface area contributed by atoms with Crippen molar-refractivity contribution >= 4 is 55.1 Å². The molecule has 1 amide bonds. The van der Waals surface area contributed by atoms with Gasteiger partial charge in [0.05, 0.1) is 11.4 Å². The van der Waals surface area contributed by atoms with Crippen LogP contribution in [0.25, 0.3) is 0 Å². The number of amides is 1. The molecule has 9 heteroatoms. The monoisotopic (exact) mass is 554 g/mol. The van der Waals surface area contributed by atoms with Gasteiger partial charge in [-0.05, 0) is 54.4 Å². The molecule has 168 valence electrons. The average molecular weight is 556 g/mol. The third-order valence-electron chi connectivity index (χ3n) is 4.74. The second kappa shape index (κ2) is 10.8. The lowest BCUT2D eigenvalue weighted by Crippen LogP contribution is -2.40. The largest absolute Gasteiger partial charge is 0.351 e. The number of rotatable bonds is 8. The molecule has 0 aromatic heterocycles. The van der Waals surface area contributed by atoms with Gasteiger partial charge in [-0.3, -0.25) is 4.79 Å². The molecule has 0 fully saturated rings. The number of nitrogens with one attached hydrogen (secondary N) is 1. The normalized spacial score (nSPS) is 11.5. The van der Waals surface area contributed by atoms with Crippen LogP contribution in [0.3, 0.4) is 0 Å². The standard InChI is InChI=1S/C23H21BrCl2N2O3S/c1-16-2-4-17(5-3-16)14-28(32(30,31)21-10-7-19(24)8-11-21)15-23(29)27-13-18-6-9-20(25)12-22(18)26/h2-12H,13-15H2,1H3,(H,27,29). The summed E-state index contributed by atoms with van der Waals surface area (Å²) < 4.78 is 28.6. The first kappa shape index (κ1) is 24.7. The van der Waals surface area contributed by atoms with Crippen LogP contribution in [-0.4, -0.2) is 25.2 Å². The molecule has 0 saturated carbocycles. The van der Waals surface area contributed by atoms with Crippen LogP contribution in [-0.2, 0) is 27.9 Å². The Hall–Kier alpha value is -1.90. The number of sulfonamides is 1. The van der Waals surface area contributed by atoms with Crippen molar-refractivity contribution in [3.63, 3.8) is 0 Å². The lowest BCUT2D eigenvalue weighted by molar-refractivity contribution is -0.121. The highest BCUT2D eigenvalue weighted by molar-refractivity contribution is 9.10. The van der Waals surface area contributed by atoms with Gasteiger partial charge in [0.25, 0.3) is 0 Å². The molecular formula is C23H21BrCl2N2O3S. The van der Waals surface area contributed by atoms with E-state index in [1.165, 1.54) is 16.4 Å². The summed E-state index contributed by atoms with van der Waals surface area (Å²) in [5.41, 5.74) is 2.53. The highest BCUT2D eigenvalue weighted by Crippen LogP contribution is 2.22. The molecule has 1 N–H and O–H groups in total. The van der Waals surface area contributed by atoms with Gasteiger partial charge in [-0.2, -0.15) is 4.31 Å². The molecule has 0 aliphatic heterocycles. The first-order valence-corrected chi connectivity index (χ1v) is 12.7. The zero-order valence-electron chi connectivity index (χ0n) is 17.2. The molecule has 0 unspecified atom stereocenters. The molecule has 3 rings (SSSR count). The van der Waals surface area contributed by atoms with Crippen LogP contribution in [0.4, 0.5) is 0 Å². The number of aryl methyl sites for hydroxylation is 1. The quantitative estimate of drug-likeness (QED) is 0.395. The van der Waals surface area contributed by atoms with E-state index in [4.69, 9.17) is 23.2 Å². The molecule has 3 aromatic carbocycles. The highest BCUT2D eigenvalue weighted by Gasteiger charge is 2.27. The van der Waals surface area contributed by atoms with Crippen LogP contribution in [0.1, 0.15) is 16.7 Å². The molecule has 32 heavy (non-hydrogen) atoms. The second-order valence-corrected chi connectivity index (χ2v) is 10.9. The minimum atomic E-state index is -3.91. The Morgan fingerprint density at radius 2 is 1.66 bits per heavy atom. The van der Waals surface area contributed by atoms with Gasteiger partial charge >= 0.3 is 0 Å². The number of halogens is 3. The highest BCUT2D eigenvalue weighted by atomic mass is 79.9. The van der Waals surface area contributed by atoms with Gasteiger partial charge in [-0.15, -0.1) is 0 Å². The molecule has 5 nitrogen and oxygen atoms in total. The number of nitrogens with zero attached hydrogens (tertiary/aromatic N) is 1. The van der Waals surface area contributed by atoms with Crippen molar-refractivity contribution in [2.24, 2.45) is 0 Å². The number of benzene rings is 3. The number of carbonyl (C=O) groups is 1. The Morgan fingerprint density at radius 1 is 1.00 bits per heavy atom. The maximum atomic E-state index is 13.3. The van der Waals surface area contributed by atoms with Crippen LogP contribution in [0.15, 0.2) is 76.1 Å². The maximum Gasteiger partial charge on any atom is 0.243 e. The van der Waals surface area contributed by atoms with E-state index in [0.29, 0.717) is 15.6 Å². The maximum absolute atomic E-state index is 13.3. The van der Waals surface area contributed by atoms with Crippen LogP contribution in [0, 0.1) is 6.92 Å². The second-order valence-electron chi connectivity index (χ2n) is 7.23. The Balaban J connectivity index is 1.80. The van der Waals surface area contributed by atoms with Crippen molar-refractivity contribution < 1.29 is 13.2 Å². The van der Waals surface area contributed by atoms with Crippen molar-refractivity contribution in [2.75, 3.05) is 6.54 Å². The molecule has 0 aliphatic carbocycles. The lowest BCUT2D eigenvalue weighted by atomic mass is 10.1. The summed E-state index contributed by atoms with van der Waals surface area (Å²) in [6.45, 7) is 1.84. The van der Waals surface area contributed by atoms with E-state index in [1.807, 2.05) is 31.2 Å². The van der Waals surface area contributed by atoms with E-state index >= 15 is 0 Å². The zero-order valence-corrected chi connectivity index (χ0v) is 21.1. The molecule has 0 aliphatic rings. The van der Waals surface area contributed by atoms with E-state index in [-0.39, 0.29) is 24.5 Å². The molecular weight excluding hydrogens is 535 g/mol. The van der Waals surface area contributed by atoms with Gasteiger partial charge < -0.3 is 5.32 Å². The van der Waals surface area contributed by atoms with Crippen LogP contribution >= 0.6 is 39.1 Å². The smallest absolute Gasteiger partial charge is 0.243 e. The summed E-state index contributed by atoms with van der Waals surface area (Å²) in [5, 5.41) is 3.66. The number of carbonyl (C=O) groups excluding carboxylic acids is 1. The Labute approximate surface area is 206 Å². The summed E-state index contributed by atoms with van der Waals surface area (Å²) in [6, 6.07) is 18.8. The Bertz CT molecular complexity index is 1200. The van der Waals surface area contributed by atoms with Crippen LogP contribution in [0.2, 0.25) is 10.0 Å². The molecule has 0 saturated heterocycles. The summed E-state index contributed by atoms with van der Waals surface area (Å²) in [4.78, 5) is 12.8.